The third-order valence-electron chi connectivity index (χ3n) is 6.04. The van der Waals surface area contributed by atoms with E-state index in [1.807, 2.05) is 31.2 Å². The number of para-hydroxylation sites is 2. The normalized spacial score (nSPS) is 19.9. The summed E-state index contributed by atoms with van der Waals surface area (Å²) in [6.45, 7) is 6.07. The maximum Gasteiger partial charge on any atom is 0.254 e. The Morgan fingerprint density at radius 1 is 1.12 bits per heavy atom. The van der Waals surface area contributed by atoms with Crippen LogP contribution in [0.4, 0.5) is 5.69 Å². The average Bonchev–Trinajstić information content (AvgIpc) is 2.72. The molecular formula is C26H27ClN2O3. The number of halogens is 1. The molecule has 32 heavy (non-hydrogen) atoms. The van der Waals surface area contributed by atoms with Crippen LogP contribution in [0, 0.1) is 5.41 Å². The predicted molar refractivity (Wildman–Crippen MR) is 127 cm³/mol. The second-order valence-electron chi connectivity index (χ2n) is 9.14. The Labute approximate surface area is 193 Å². The first kappa shape index (κ1) is 22.2. The summed E-state index contributed by atoms with van der Waals surface area (Å²) < 4.78 is 5.39. The van der Waals surface area contributed by atoms with E-state index in [1.165, 1.54) is 0 Å². The van der Waals surface area contributed by atoms with Gasteiger partial charge in [0, 0.05) is 39.9 Å². The molecule has 1 amide bonds. The quantitative estimate of drug-likeness (QED) is 0.637. The number of carbonyl (C=O) groups is 2. The minimum atomic E-state index is -0.471. The maximum atomic E-state index is 13.6. The zero-order valence-electron chi connectivity index (χ0n) is 18.7. The lowest BCUT2D eigenvalue weighted by atomic mass is 9.68. The molecule has 6 heteroatoms. The number of benzene rings is 2. The van der Waals surface area contributed by atoms with Gasteiger partial charge in [-0.05, 0) is 48.6 Å². The van der Waals surface area contributed by atoms with Crippen molar-refractivity contribution in [3.05, 3.63) is 81.7 Å². The highest BCUT2D eigenvalue weighted by atomic mass is 35.5. The Balaban J connectivity index is 1.80. The molecule has 4 rings (SSSR count). The second kappa shape index (κ2) is 8.47. The number of nitrogens with one attached hydrogen (secondary N) is 2. The number of hydrogen-bond acceptors (Lipinski definition) is 4. The molecule has 0 saturated heterocycles. The predicted octanol–water partition coefficient (Wildman–Crippen LogP) is 5.59. The van der Waals surface area contributed by atoms with Gasteiger partial charge in [-0.3, -0.25) is 9.59 Å². The Morgan fingerprint density at radius 2 is 1.81 bits per heavy atom. The SMILES string of the molecule is COc1ccccc1NC(=O)C1=C(C)NC2=C(C(=O)CC(C)(C)C2)[C@H]1c1ccc(Cl)cc1. The van der Waals surface area contributed by atoms with E-state index in [0.29, 0.717) is 34.0 Å². The van der Waals surface area contributed by atoms with Crippen LogP contribution in [0.5, 0.6) is 5.75 Å². The van der Waals surface area contributed by atoms with Crippen molar-refractivity contribution < 1.29 is 14.3 Å². The molecule has 2 aliphatic rings. The topological polar surface area (TPSA) is 67.4 Å². The summed E-state index contributed by atoms with van der Waals surface area (Å²) in [7, 11) is 1.56. The van der Waals surface area contributed by atoms with E-state index in [0.717, 1.165) is 23.4 Å². The van der Waals surface area contributed by atoms with Gasteiger partial charge in [0.05, 0.1) is 12.8 Å². The van der Waals surface area contributed by atoms with Crippen molar-refractivity contribution in [1.29, 1.82) is 0 Å². The van der Waals surface area contributed by atoms with Gasteiger partial charge >= 0.3 is 0 Å². The van der Waals surface area contributed by atoms with Gasteiger partial charge in [0.25, 0.3) is 5.91 Å². The van der Waals surface area contributed by atoms with Crippen molar-refractivity contribution in [2.45, 2.75) is 39.5 Å². The largest absolute Gasteiger partial charge is 0.495 e. The Kier molecular flexibility index (Phi) is 5.87. The molecule has 2 N–H and O–H groups in total. The zero-order chi connectivity index (χ0) is 23.0. The number of allylic oxidation sites excluding steroid dienone is 3. The monoisotopic (exact) mass is 450 g/mol. The molecule has 0 fully saturated rings. The fraction of sp³-hybridized carbons (Fsp3) is 0.308. The Hall–Kier alpha value is -3.05. The van der Waals surface area contributed by atoms with Crippen molar-refractivity contribution in [3.8, 4) is 5.75 Å². The summed E-state index contributed by atoms with van der Waals surface area (Å²) >= 11 is 6.13. The number of carbonyl (C=O) groups excluding carboxylic acids is 2. The van der Waals surface area contributed by atoms with Crippen molar-refractivity contribution in [2.75, 3.05) is 12.4 Å². The third-order valence-corrected chi connectivity index (χ3v) is 6.29. The Morgan fingerprint density at radius 3 is 2.50 bits per heavy atom. The molecule has 0 saturated carbocycles. The summed E-state index contributed by atoms with van der Waals surface area (Å²) in [6, 6.07) is 14.6. The van der Waals surface area contributed by atoms with Crippen LogP contribution in [-0.2, 0) is 9.59 Å². The highest BCUT2D eigenvalue weighted by Crippen LogP contribution is 2.47. The van der Waals surface area contributed by atoms with Crippen LogP contribution in [-0.4, -0.2) is 18.8 Å². The van der Waals surface area contributed by atoms with Gasteiger partial charge in [0.15, 0.2) is 5.78 Å². The number of hydrogen-bond donors (Lipinski definition) is 2. The lowest BCUT2D eigenvalue weighted by Crippen LogP contribution is -2.39. The van der Waals surface area contributed by atoms with E-state index in [1.54, 1.807) is 31.4 Å². The molecule has 0 aromatic heterocycles. The number of anilines is 1. The molecule has 0 bridgehead atoms. The molecule has 1 aliphatic carbocycles. The molecule has 0 unspecified atom stereocenters. The van der Waals surface area contributed by atoms with E-state index in [-0.39, 0.29) is 17.1 Å². The number of dihydropyridines is 1. The number of ketones is 1. The lowest BCUT2D eigenvalue weighted by molar-refractivity contribution is -0.118. The first-order valence-electron chi connectivity index (χ1n) is 10.6. The highest BCUT2D eigenvalue weighted by Gasteiger charge is 2.42. The van der Waals surface area contributed by atoms with Crippen molar-refractivity contribution in [1.82, 2.24) is 5.32 Å². The van der Waals surface area contributed by atoms with Gasteiger partial charge in [-0.1, -0.05) is 49.7 Å². The summed E-state index contributed by atoms with van der Waals surface area (Å²) in [5.74, 6) is -0.106. The minimum absolute atomic E-state index is 0.0683. The fourth-order valence-corrected chi connectivity index (χ4v) is 4.79. The number of ether oxygens (including phenoxy) is 1. The number of methoxy groups -OCH3 is 1. The summed E-state index contributed by atoms with van der Waals surface area (Å²) in [5, 5.41) is 6.96. The van der Waals surface area contributed by atoms with Gasteiger partial charge in [-0.15, -0.1) is 0 Å². The maximum absolute atomic E-state index is 13.6. The standard InChI is InChI=1S/C26H27ClN2O3/c1-15-22(25(31)29-18-7-5-6-8-21(18)32-4)23(16-9-11-17(27)12-10-16)24-19(28-15)13-26(2,3)14-20(24)30/h5-12,23,28H,13-14H2,1-4H3,(H,29,31)/t23-/m0/s1. The van der Waals surface area contributed by atoms with Gasteiger partial charge in [0.1, 0.15) is 5.75 Å². The molecular weight excluding hydrogens is 424 g/mol. The number of Topliss-reactive ketones (excluding diaryl/α,β-unsaturated/α-hetero) is 1. The third kappa shape index (κ3) is 4.17. The van der Waals surface area contributed by atoms with E-state index in [2.05, 4.69) is 24.5 Å². The van der Waals surface area contributed by atoms with Gasteiger partial charge in [-0.2, -0.15) is 0 Å². The van der Waals surface area contributed by atoms with E-state index < -0.39 is 5.92 Å². The van der Waals surface area contributed by atoms with Gasteiger partial charge in [-0.25, -0.2) is 0 Å². The molecule has 1 aliphatic heterocycles. The lowest BCUT2D eigenvalue weighted by Gasteiger charge is -2.39. The summed E-state index contributed by atoms with van der Waals surface area (Å²) in [5.41, 5.74) is 4.13. The van der Waals surface area contributed by atoms with E-state index >= 15 is 0 Å². The van der Waals surface area contributed by atoms with Crippen LogP contribution < -0.4 is 15.4 Å². The molecule has 2 aromatic carbocycles. The van der Waals surface area contributed by atoms with Crippen LogP contribution in [0.1, 0.15) is 45.1 Å². The number of rotatable bonds is 4. The molecule has 1 atom stereocenters. The number of amides is 1. The molecule has 1 heterocycles. The van der Waals surface area contributed by atoms with Crippen LogP contribution in [0.15, 0.2) is 71.1 Å². The van der Waals surface area contributed by atoms with Crippen LogP contribution in [0.3, 0.4) is 0 Å². The van der Waals surface area contributed by atoms with Crippen LogP contribution >= 0.6 is 11.6 Å². The molecule has 0 spiro atoms. The van der Waals surface area contributed by atoms with E-state index in [4.69, 9.17) is 16.3 Å². The van der Waals surface area contributed by atoms with Crippen molar-refractivity contribution in [3.63, 3.8) is 0 Å². The highest BCUT2D eigenvalue weighted by molar-refractivity contribution is 6.30. The van der Waals surface area contributed by atoms with Gasteiger partial charge in [0.2, 0.25) is 0 Å². The van der Waals surface area contributed by atoms with Crippen LogP contribution in [0.25, 0.3) is 0 Å². The first-order valence-corrected chi connectivity index (χ1v) is 11.0. The summed E-state index contributed by atoms with van der Waals surface area (Å²) in [6.07, 6.45) is 1.19. The van der Waals surface area contributed by atoms with Crippen LogP contribution in [0.2, 0.25) is 5.02 Å². The molecule has 166 valence electrons. The van der Waals surface area contributed by atoms with Crippen molar-refractivity contribution in [2.24, 2.45) is 5.41 Å². The molecule has 5 nitrogen and oxygen atoms in total. The summed E-state index contributed by atoms with van der Waals surface area (Å²) in [4.78, 5) is 26.9. The van der Waals surface area contributed by atoms with Gasteiger partial charge < -0.3 is 15.4 Å². The smallest absolute Gasteiger partial charge is 0.254 e. The average molecular weight is 451 g/mol. The minimum Gasteiger partial charge on any atom is -0.495 e. The fourth-order valence-electron chi connectivity index (χ4n) is 4.66. The van der Waals surface area contributed by atoms with E-state index in [9.17, 15) is 9.59 Å². The van der Waals surface area contributed by atoms with Crippen molar-refractivity contribution >= 4 is 29.0 Å². The Bertz CT molecular complexity index is 1150. The first-order chi connectivity index (χ1) is 15.2. The molecule has 2 aromatic rings. The second-order valence-corrected chi connectivity index (χ2v) is 9.57. The zero-order valence-corrected chi connectivity index (χ0v) is 19.5. The molecule has 0 radical (unpaired) electrons.